The zero-order chi connectivity index (χ0) is 14.1. The summed E-state index contributed by atoms with van der Waals surface area (Å²) in [5, 5.41) is 13.1. The van der Waals surface area contributed by atoms with Gasteiger partial charge in [0, 0.05) is 5.39 Å². The van der Waals surface area contributed by atoms with E-state index >= 15 is 0 Å². The highest BCUT2D eigenvalue weighted by Gasteiger charge is 2.30. The van der Waals surface area contributed by atoms with E-state index in [1.54, 1.807) is 12.1 Å². The van der Waals surface area contributed by atoms with Crippen LogP contribution in [0.1, 0.15) is 19.3 Å². The maximum atomic E-state index is 13.2. The van der Waals surface area contributed by atoms with Crippen LogP contribution in [0.4, 0.5) is 10.1 Å². The minimum Gasteiger partial charge on any atom is -0.383 e. The van der Waals surface area contributed by atoms with E-state index in [1.807, 2.05) is 0 Å². The summed E-state index contributed by atoms with van der Waals surface area (Å²) in [7, 11) is 0. The van der Waals surface area contributed by atoms with Gasteiger partial charge in [-0.25, -0.2) is 4.39 Å². The third-order valence-corrected chi connectivity index (χ3v) is 3.78. The summed E-state index contributed by atoms with van der Waals surface area (Å²) in [6, 6.07) is 5.94. The summed E-state index contributed by atoms with van der Waals surface area (Å²) < 4.78 is 13.2. The number of carbonyl (C=O) groups excluding carboxylic acids is 1. The number of fused-ring (bicyclic) bond motifs is 1. The molecule has 1 heterocycles. The van der Waals surface area contributed by atoms with Crippen molar-refractivity contribution in [2.45, 2.75) is 25.4 Å². The molecule has 4 nitrogen and oxygen atoms in total. The first kappa shape index (κ1) is 13.0. The molecule has 1 amide bonds. The van der Waals surface area contributed by atoms with Gasteiger partial charge in [0.25, 0.3) is 5.91 Å². The van der Waals surface area contributed by atoms with Crippen LogP contribution in [0.15, 0.2) is 30.5 Å². The first-order valence-corrected chi connectivity index (χ1v) is 6.68. The number of aliphatic hydroxyl groups is 1. The van der Waals surface area contributed by atoms with Crippen LogP contribution in [-0.2, 0) is 4.79 Å². The Hall–Kier alpha value is -2.01. The van der Waals surface area contributed by atoms with E-state index in [-0.39, 0.29) is 11.7 Å². The number of nitrogens with zero attached hydrogens (tertiary/aromatic N) is 1. The van der Waals surface area contributed by atoms with Gasteiger partial charge in [0.05, 0.1) is 17.4 Å². The van der Waals surface area contributed by atoms with Crippen molar-refractivity contribution < 1.29 is 14.3 Å². The molecule has 3 rings (SSSR count). The van der Waals surface area contributed by atoms with Crippen molar-refractivity contribution in [3.8, 4) is 0 Å². The van der Waals surface area contributed by atoms with Crippen LogP contribution < -0.4 is 5.32 Å². The monoisotopic (exact) mass is 274 g/mol. The van der Waals surface area contributed by atoms with Crippen molar-refractivity contribution in [1.82, 2.24) is 4.98 Å². The second-order valence-electron chi connectivity index (χ2n) is 5.19. The molecule has 1 fully saturated rings. The number of anilines is 1. The van der Waals surface area contributed by atoms with Crippen molar-refractivity contribution in [2.24, 2.45) is 5.92 Å². The fraction of sp³-hybridized carbons (Fsp3) is 0.333. The number of benzene rings is 1. The average molecular weight is 274 g/mol. The lowest BCUT2D eigenvalue weighted by molar-refractivity contribution is -0.128. The Kier molecular flexibility index (Phi) is 3.36. The number of aliphatic hydroxyl groups excluding tert-OH is 1. The summed E-state index contributed by atoms with van der Waals surface area (Å²) in [5.74, 6) is -0.717. The van der Waals surface area contributed by atoms with E-state index in [9.17, 15) is 14.3 Å². The molecule has 0 radical (unpaired) electrons. The standard InChI is InChI=1S/C15H15FN2O2/c16-11-4-5-13-10(6-11)7-12(8-17-13)18-15(20)14(19)9-2-1-3-9/h4-9,14,19H,1-3H2,(H,18,20). The Balaban J connectivity index is 1.78. The minimum absolute atomic E-state index is 0.0564. The van der Waals surface area contributed by atoms with E-state index in [1.165, 1.54) is 18.3 Å². The zero-order valence-corrected chi connectivity index (χ0v) is 10.8. The quantitative estimate of drug-likeness (QED) is 0.903. The van der Waals surface area contributed by atoms with Crippen LogP contribution in [0.5, 0.6) is 0 Å². The van der Waals surface area contributed by atoms with Crippen LogP contribution in [-0.4, -0.2) is 22.1 Å². The lowest BCUT2D eigenvalue weighted by atomic mass is 9.81. The number of pyridine rings is 1. The first-order valence-electron chi connectivity index (χ1n) is 6.68. The van der Waals surface area contributed by atoms with Crippen molar-refractivity contribution in [1.29, 1.82) is 0 Å². The molecule has 0 aliphatic heterocycles. The summed E-state index contributed by atoms with van der Waals surface area (Å²) in [5.41, 5.74) is 1.12. The highest BCUT2D eigenvalue weighted by Crippen LogP contribution is 2.30. The van der Waals surface area contributed by atoms with Gasteiger partial charge >= 0.3 is 0 Å². The summed E-state index contributed by atoms with van der Waals surface area (Å²) in [6.45, 7) is 0. The molecule has 1 saturated carbocycles. The number of nitrogens with one attached hydrogen (secondary N) is 1. The zero-order valence-electron chi connectivity index (χ0n) is 10.8. The Labute approximate surface area is 115 Å². The lowest BCUT2D eigenvalue weighted by Crippen LogP contribution is -2.37. The number of aromatic nitrogens is 1. The Morgan fingerprint density at radius 2 is 2.20 bits per heavy atom. The second-order valence-corrected chi connectivity index (χ2v) is 5.19. The maximum absolute atomic E-state index is 13.2. The van der Waals surface area contributed by atoms with Crippen LogP contribution in [0.3, 0.4) is 0 Å². The van der Waals surface area contributed by atoms with Crippen LogP contribution in [0, 0.1) is 11.7 Å². The number of carbonyl (C=O) groups is 1. The first-order chi connectivity index (χ1) is 9.63. The molecule has 1 atom stereocenters. The third-order valence-electron chi connectivity index (χ3n) is 3.78. The Morgan fingerprint density at radius 3 is 2.90 bits per heavy atom. The molecule has 104 valence electrons. The number of amides is 1. The Morgan fingerprint density at radius 1 is 1.40 bits per heavy atom. The number of halogens is 1. The smallest absolute Gasteiger partial charge is 0.253 e. The van der Waals surface area contributed by atoms with Gasteiger partial charge in [-0.15, -0.1) is 0 Å². The largest absolute Gasteiger partial charge is 0.383 e. The van der Waals surface area contributed by atoms with Gasteiger partial charge in [-0.2, -0.15) is 0 Å². The average Bonchev–Trinajstić information content (AvgIpc) is 2.36. The molecular weight excluding hydrogens is 259 g/mol. The third kappa shape index (κ3) is 2.49. The molecule has 0 saturated heterocycles. The van der Waals surface area contributed by atoms with Crippen LogP contribution >= 0.6 is 0 Å². The van der Waals surface area contributed by atoms with Gasteiger partial charge in [-0.05, 0) is 43.0 Å². The van der Waals surface area contributed by atoms with Gasteiger partial charge in [0.15, 0.2) is 0 Å². The van der Waals surface area contributed by atoms with Crippen molar-refractivity contribution in [2.75, 3.05) is 5.32 Å². The van der Waals surface area contributed by atoms with Gasteiger partial charge in [-0.3, -0.25) is 9.78 Å². The fourth-order valence-electron chi connectivity index (χ4n) is 2.36. The number of rotatable bonds is 3. The molecule has 20 heavy (non-hydrogen) atoms. The van der Waals surface area contributed by atoms with Gasteiger partial charge < -0.3 is 10.4 Å². The molecule has 1 aliphatic carbocycles. The molecule has 2 aromatic rings. The molecule has 1 aliphatic rings. The summed E-state index contributed by atoms with van der Waals surface area (Å²) >= 11 is 0. The molecule has 1 aromatic heterocycles. The van der Waals surface area contributed by atoms with Crippen molar-refractivity contribution >= 4 is 22.5 Å². The van der Waals surface area contributed by atoms with Gasteiger partial charge in [0.1, 0.15) is 11.9 Å². The predicted octanol–water partition coefficient (Wildman–Crippen LogP) is 2.47. The predicted molar refractivity (Wildman–Crippen MR) is 73.7 cm³/mol. The van der Waals surface area contributed by atoms with Crippen LogP contribution in [0.25, 0.3) is 10.9 Å². The number of hydrogen-bond acceptors (Lipinski definition) is 3. The molecule has 2 N–H and O–H groups in total. The highest BCUT2D eigenvalue weighted by atomic mass is 19.1. The summed E-state index contributed by atoms with van der Waals surface area (Å²) in [4.78, 5) is 16.0. The Bertz CT molecular complexity index is 655. The van der Waals surface area contributed by atoms with Crippen LogP contribution in [0.2, 0.25) is 0 Å². The molecule has 5 heteroatoms. The van der Waals surface area contributed by atoms with Gasteiger partial charge in [-0.1, -0.05) is 6.42 Å². The number of hydrogen-bond donors (Lipinski definition) is 2. The van der Waals surface area contributed by atoms with E-state index in [2.05, 4.69) is 10.3 Å². The molecular formula is C15H15FN2O2. The molecule has 0 spiro atoms. The van der Waals surface area contributed by atoms with E-state index in [0.717, 1.165) is 19.3 Å². The van der Waals surface area contributed by atoms with Crippen molar-refractivity contribution in [3.63, 3.8) is 0 Å². The molecule has 1 unspecified atom stereocenters. The van der Waals surface area contributed by atoms with E-state index in [4.69, 9.17) is 0 Å². The molecule has 1 aromatic carbocycles. The van der Waals surface area contributed by atoms with Gasteiger partial charge in [0.2, 0.25) is 0 Å². The van der Waals surface area contributed by atoms with E-state index in [0.29, 0.717) is 16.6 Å². The van der Waals surface area contributed by atoms with E-state index < -0.39 is 12.0 Å². The normalized spacial score (nSPS) is 16.7. The summed E-state index contributed by atoms with van der Waals surface area (Å²) in [6.07, 6.45) is 3.36. The minimum atomic E-state index is -0.980. The topological polar surface area (TPSA) is 62.2 Å². The lowest BCUT2D eigenvalue weighted by Gasteiger charge is -2.29. The second kappa shape index (κ2) is 5.17. The molecule has 0 bridgehead atoms. The SMILES string of the molecule is O=C(Nc1cnc2ccc(F)cc2c1)C(O)C1CCC1. The highest BCUT2D eigenvalue weighted by molar-refractivity contribution is 5.95. The fourth-order valence-corrected chi connectivity index (χ4v) is 2.36. The maximum Gasteiger partial charge on any atom is 0.253 e. The van der Waals surface area contributed by atoms with Crippen molar-refractivity contribution in [3.05, 3.63) is 36.3 Å².